The first kappa shape index (κ1) is 14.2. The van der Waals surface area contributed by atoms with Gasteiger partial charge in [0, 0.05) is 0 Å². The quantitative estimate of drug-likeness (QED) is 0.514. The minimum Gasteiger partial charge on any atom is -0.475 e. The minimum absolute atomic E-state index is 0.0758. The number of aryl methyl sites for hydroxylation is 1. The molecule has 0 fully saturated rings. The number of aliphatic carboxylic acids is 1. The van der Waals surface area contributed by atoms with Crippen LogP contribution in [0.5, 0.6) is 0 Å². The Hall–Kier alpha value is -1.82. The molecular formula is C12H14O5S. The van der Waals surface area contributed by atoms with Gasteiger partial charge in [0.15, 0.2) is 0 Å². The summed E-state index contributed by atoms with van der Waals surface area (Å²) in [6.07, 6.45) is 0. The Bertz CT molecular complexity index is 577. The molecule has 6 heteroatoms. The minimum atomic E-state index is -4.10. The van der Waals surface area contributed by atoms with Gasteiger partial charge in [0.1, 0.15) is 4.90 Å². The highest BCUT2D eigenvalue weighted by atomic mass is 32.2. The van der Waals surface area contributed by atoms with Gasteiger partial charge in [0.2, 0.25) is 5.76 Å². The Morgan fingerprint density at radius 3 is 2.06 bits per heavy atom. The van der Waals surface area contributed by atoms with Gasteiger partial charge in [0.05, 0.1) is 0 Å². The van der Waals surface area contributed by atoms with E-state index >= 15 is 0 Å². The molecule has 0 aromatic heterocycles. The van der Waals surface area contributed by atoms with Crippen LogP contribution in [0.25, 0.3) is 0 Å². The van der Waals surface area contributed by atoms with Crippen LogP contribution in [0.15, 0.2) is 40.5 Å². The van der Waals surface area contributed by atoms with E-state index in [2.05, 4.69) is 4.18 Å². The van der Waals surface area contributed by atoms with Crippen molar-refractivity contribution < 1.29 is 22.5 Å². The summed E-state index contributed by atoms with van der Waals surface area (Å²) in [5.74, 6) is -1.98. The second kappa shape index (κ2) is 5.22. The summed E-state index contributed by atoms with van der Waals surface area (Å²) >= 11 is 0. The molecule has 0 aliphatic carbocycles. The molecule has 0 aliphatic rings. The van der Waals surface area contributed by atoms with E-state index in [-0.39, 0.29) is 10.5 Å². The van der Waals surface area contributed by atoms with Crippen molar-refractivity contribution in [1.29, 1.82) is 0 Å². The van der Waals surface area contributed by atoms with Crippen molar-refractivity contribution in [3.63, 3.8) is 0 Å². The molecule has 0 bridgehead atoms. The molecule has 0 aliphatic heterocycles. The van der Waals surface area contributed by atoms with Crippen LogP contribution in [0.3, 0.4) is 0 Å². The number of allylic oxidation sites excluding steroid dienone is 1. The van der Waals surface area contributed by atoms with Crippen LogP contribution in [-0.2, 0) is 19.1 Å². The molecule has 1 rings (SSSR count). The number of hydrogen-bond donors (Lipinski definition) is 1. The zero-order valence-electron chi connectivity index (χ0n) is 10.3. The van der Waals surface area contributed by atoms with Gasteiger partial charge in [-0.3, -0.25) is 0 Å². The average molecular weight is 270 g/mol. The number of benzene rings is 1. The first-order chi connectivity index (χ1) is 8.24. The van der Waals surface area contributed by atoms with Crippen LogP contribution >= 0.6 is 0 Å². The van der Waals surface area contributed by atoms with Crippen molar-refractivity contribution in [2.45, 2.75) is 25.7 Å². The third-order valence-electron chi connectivity index (χ3n) is 2.15. The van der Waals surface area contributed by atoms with E-state index in [9.17, 15) is 13.2 Å². The maximum absolute atomic E-state index is 11.8. The van der Waals surface area contributed by atoms with Crippen LogP contribution in [0.4, 0.5) is 0 Å². The zero-order chi connectivity index (χ0) is 13.9. The highest BCUT2D eigenvalue weighted by Gasteiger charge is 2.22. The third kappa shape index (κ3) is 3.33. The second-order valence-electron chi connectivity index (χ2n) is 3.98. The Morgan fingerprint density at radius 2 is 1.67 bits per heavy atom. The van der Waals surface area contributed by atoms with Gasteiger partial charge in [0.25, 0.3) is 0 Å². The van der Waals surface area contributed by atoms with Crippen molar-refractivity contribution in [3.8, 4) is 0 Å². The van der Waals surface area contributed by atoms with Crippen LogP contribution in [-0.4, -0.2) is 19.5 Å². The van der Waals surface area contributed by atoms with E-state index in [1.165, 1.54) is 26.0 Å². The van der Waals surface area contributed by atoms with Crippen molar-refractivity contribution >= 4 is 16.1 Å². The summed E-state index contributed by atoms with van der Waals surface area (Å²) in [6, 6.07) is 5.96. The standard InChI is InChI=1S/C12H14O5S/c1-8(2)11(12(13)14)17-18(15,16)10-6-4-9(3)5-7-10/h4-7H,1-3H3,(H,13,14). The molecule has 0 amide bonds. The fourth-order valence-electron chi connectivity index (χ4n) is 1.20. The lowest BCUT2D eigenvalue weighted by Gasteiger charge is -2.08. The molecule has 1 N–H and O–H groups in total. The fourth-order valence-corrected chi connectivity index (χ4v) is 2.22. The first-order valence-electron chi connectivity index (χ1n) is 5.16. The first-order valence-corrected chi connectivity index (χ1v) is 6.57. The monoisotopic (exact) mass is 270 g/mol. The molecule has 18 heavy (non-hydrogen) atoms. The van der Waals surface area contributed by atoms with Crippen LogP contribution in [0.2, 0.25) is 0 Å². The Morgan fingerprint density at radius 1 is 1.17 bits per heavy atom. The molecule has 1 aromatic rings. The predicted molar refractivity (Wildman–Crippen MR) is 65.5 cm³/mol. The third-order valence-corrected chi connectivity index (χ3v) is 3.39. The van der Waals surface area contributed by atoms with Gasteiger partial charge in [-0.05, 0) is 38.5 Å². The lowest BCUT2D eigenvalue weighted by molar-refractivity contribution is -0.135. The molecule has 0 radical (unpaired) electrons. The molecule has 0 saturated heterocycles. The fraction of sp³-hybridized carbons (Fsp3) is 0.250. The Kier molecular flexibility index (Phi) is 4.13. The van der Waals surface area contributed by atoms with E-state index in [1.807, 2.05) is 6.92 Å². The van der Waals surface area contributed by atoms with Gasteiger partial charge in [-0.25, -0.2) is 4.79 Å². The van der Waals surface area contributed by atoms with Gasteiger partial charge < -0.3 is 9.29 Å². The maximum Gasteiger partial charge on any atom is 0.372 e. The number of carboxylic acids is 1. The smallest absolute Gasteiger partial charge is 0.372 e. The summed E-state index contributed by atoms with van der Waals surface area (Å²) in [5.41, 5.74) is 1.17. The van der Waals surface area contributed by atoms with Gasteiger partial charge in [-0.1, -0.05) is 17.7 Å². The molecule has 0 unspecified atom stereocenters. The van der Waals surface area contributed by atoms with Crippen molar-refractivity contribution in [2.24, 2.45) is 0 Å². The van der Waals surface area contributed by atoms with Gasteiger partial charge in [-0.2, -0.15) is 8.42 Å². The van der Waals surface area contributed by atoms with Crippen molar-refractivity contribution in [1.82, 2.24) is 0 Å². The molecule has 0 saturated carbocycles. The van der Waals surface area contributed by atoms with E-state index in [0.29, 0.717) is 0 Å². The number of hydrogen-bond acceptors (Lipinski definition) is 4. The Balaban J connectivity index is 3.13. The lowest BCUT2D eigenvalue weighted by atomic mass is 10.2. The average Bonchev–Trinajstić information content (AvgIpc) is 2.26. The van der Waals surface area contributed by atoms with Crippen LogP contribution in [0, 0.1) is 6.92 Å². The van der Waals surface area contributed by atoms with E-state index in [4.69, 9.17) is 5.11 Å². The number of carbonyl (C=O) groups is 1. The van der Waals surface area contributed by atoms with Crippen LogP contribution in [0.1, 0.15) is 19.4 Å². The molecule has 5 nitrogen and oxygen atoms in total. The number of rotatable bonds is 4. The lowest BCUT2D eigenvalue weighted by Crippen LogP contribution is -2.13. The highest BCUT2D eigenvalue weighted by Crippen LogP contribution is 2.18. The van der Waals surface area contributed by atoms with Gasteiger partial charge in [-0.15, -0.1) is 0 Å². The molecule has 0 atom stereocenters. The number of carboxylic acid groups (broad SMARTS) is 1. The normalized spacial score (nSPS) is 10.8. The van der Waals surface area contributed by atoms with E-state index in [0.717, 1.165) is 5.56 Å². The van der Waals surface area contributed by atoms with Crippen molar-refractivity contribution in [3.05, 3.63) is 41.2 Å². The predicted octanol–water partition coefficient (Wildman–Crippen LogP) is 2.08. The molecule has 98 valence electrons. The molecule has 0 spiro atoms. The molecular weight excluding hydrogens is 256 g/mol. The summed E-state index contributed by atoms with van der Waals surface area (Å²) < 4.78 is 28.3. The van der Waals surface area contributed by atoms with E-state index in [1.54, 1.807) is 12.1 Å². The Labute approximate surface area is 106 Å². The summed E-state index contributed by atoms with van der Waals surface area (Å²) in [4.78, 5) is 10.8. The zero-order valence-corrected chi connectivity index (χ0v) is 11.1. The topological polar surface area (TPSA) is 80.7 Å². The summed E-state index contributed by atoms with van der Waals surface area (Å²) in [7, 11) is -4.10. The van der Waals surface area contributed by atoms with Gasteiger partial charge >= 0.3 is 16.1 Å². The molecule has 0 heterocycles. The highest BCUT2D eigenvalue weighted by molar-refractivity contribution is 7.86. The van der Waals surface area contributed by atoms with Crippen molar-refractivity contribution in [2.75, 3.05) is 0 Å². The SMILES string of the molecule is CC(C)=C(OS(=O)(=O)c1ccc(C)cc1)C(=O)O. The summed E-state index contributed by atoms with van der Waals surface area (Å²) in [6.45, 7) is 4.75. The summed E-state index contributed by atoms with van der Waals surface area (Å²) in [5, 5.41) is 8.85. The largest absolute Gasteiger partial charge is 0.475 e. The second-order valence-corrected chi connectivity index (χ2v) is 5.53. The van der Waals surface area contributed by atoms with E-state index < -0.39 is 21.8 Å². The molecule has 1 aromatic carbocycles. The maximum atomic E-state index is 11.8. The van der Waals surface area contributed by atoms with Crippen LogP contribution < -0.4 is 0 Å².